The van der Waals surface area contributed by atoms with Crippen LogP contribution in [0.15, 0.2) is 12.2 Å². The van der Waals surface area contributed by atoms with Gasteiger partial charge in [0, 0.05) is 13.0 Å². The van der Waals surface area contributed by atoms with Crippen LogP contribution >= 0.6 is 0 Å². The predicted molar refractivity (Wildman–Crippen MR) is 95.9 cm³/mol. The Kier molecular flexibility index (Phi) is 6.76. The number of fused-ring (bicyclic) bond motifs is 2. The van der Waals surface area contributed by atoms with Crippen molar-refractivity contribution < 1.29 is 14.6 Å². The van der Waals surface area contributed by atoms with Gasteiger partial charge in [-0.05, 0) is 68.6 Å². The second-order valence-corrected chi connectivity index (χ2v) is 8.26. The molecule has 0 spiro atoms. The molecule has 1 N–H and O–H groups in total. The van der Waals surface area contributed by atoms with Crippen LogP contribution in [0.1, 0.15) is 77.0 Å². The van der Waals surface area contributed by atoms with Gasteiger partial charge in [-0.25, -0.2) is 0 Å². The van der Waals surface area contributed by atoms with Gasteiger partial charge in [0.15, 0.2) is 0 Å². The van der Waals surface area contributed by atoms with E-state index >= 15 is 0 Å². The molecule has 4 atom stereocenters. The monoisotopic (exact) mass is 334 g/mol. The highest BCUT2D eigenvalue weighted by molar-refractivity contribution is 5.66. The smallest absolute Gasteiger partial charge is 0.303 e. The standard InChI is InChI=1S/C21H34O3/c22-20(23)10-4-2-1-3-9-19-17-11-12-18(15-17)21(19)24-14-13-16-7-5-6-8-16/h1,3,16-19,21H,2,4-15H2,(H,22,23)/b3-1-/t17-,18+,19-,21+/m0/s1. The Morgan fingerprint density at radius 3 is 2.67 bits per heavy atom. The normalized spacial score (nSPS) is 33.0. The Balaban J connectivity index is 1.39. The zero-order chi connectivity index (χ0) is 16.8. The number of carboxylic acids is 1. The molecule has 0 aromatic heterocycles. The van der Waals surface area contributed by atoms with Crippen LogP contribution in [-0.4, -0.2) is 23.8 Å². The third kappa shape index (κ3) is 4.84. The quantitative estimate of drug-likeness (QED) is 0.441. The molecule has 2 bridgehead atoms. The topological polar surface area (TPSA) is 46.5 Å². The highest BCUT2D eigenvalue weighted by Crippen LogP contribution is 2.51. The van der Waals surface area contributed by atoms with Crippen LogP contribution in [0.4, 0.5) is 0 Å². The first kappa shape index (κ1) is 18.0. The van der Waals surface area contributed by atoms with Gasteiger partial charge in [0.05, 0.1) is 6.10 Å². The summed E-state index contributed by atoms with van der Waals surface area (Å²) < 4.78 is 6.41. The Morgan fingerprint density at radius 1 is 1.08 bits per heavy atom. The van der Waals surface area contributed by atoms with Gasteiger partial charge in [0.1, 0.15) is 0 Å². The van der Waals surface area contributed by atoms with Gasteiger partial charge >= 0.3 is 5.97 Å². The molecule has 0 unspecified atom stereocenters. The van der Waals surface area contributed by atoms with Gasteiger partial charge in [-0.1, -0.05) is 37.8 Å². The second kappa shape index (κ2) is 9.03. The van der Waals surface area contributed by atoms with E-state index in [0.717, 1.165) is 43.6 Å². The molecule has 3 aliphatic carbocycles. The fourth-order valence-electron chi connectivity index (χ4n) is 5.36. The molecule has 136 valence electrons. The van der Waals surface area contributed by atoms with E-state index in [1.165, 1.54) is 51.4 Å². The van der Waals surface area contributed by atoms with Gasteiger partial charge in [-0.2, -0.15) is 0 Å². The third-order valence-corrected chi connectivity index (χ3v) is 6.65. The molecule has 0 radical (unpaired) electrons. The van der Waals surface area contributed by atoms with E-state index in [1.807, 2.05) is 0 Å². The lowest BCUT2D eigenvalue weighted by Gasteiger charge is -2.31. The molecule has 3 saturated carbocycles. The third-order valence-electron chi connectivity index (χ3n) is 6.65. The van der Waals surface area contributed by atoms with Gasteiger partial charge in [0.25, 0.3) is 0 Å². The Bertz CT molecular complexity index is 425. The van der Waals surface area contributed by atoms with Crippen LogP contribution in [0.5, 0.6) is 0 Å². The molecule has 3 aliphatic rings. The van der Waals surface area contributed by atoms with E-state index in [4.69, 9.17) is 9.84 Å². The highest BCUT2D eigenvalue weighted by atomic mass is 16.5. The first-order valence-electron chi connectivity index (χ1n) is 10.2. The van der Waals surface area contributed by atoms with Crippen LogP contribution in [0.3, 0.4) is 0 Å². The summed E-state index contributed by atoms with van der Waals surface area (Å²) in [6.45, 7) is 0.970. The first-order valence-corrected chi connectivity index (χ1v) is 10.2. The zero-order valence-corrected chi connectivity index (χ0v) is 15.0. The van der Waals surface area contributed by atoms with Crippen molar-refractivity contribution in [1.29, 1.82) is 0 Å². The maximum atomic E-state index is 10.5. The molecule has 3 nitrogen and oxygen atoms in total. The molecule has 0 aromatic rings. The average Bonchev–Trinajstić information content (AvgIpc) is 3.28. The first-order chi connectivity index (χ1) is 11.7. The average molecular weight is 335 g/mol. The maximum absolute atomic E-state index is 10.5. The summed E-state index contributed by atoms with van der Waals surface area (Å²) in [6.07, 6.45) is 19.1. The summed E-state index contributed by atoms with van der Waals surface area (Å²) in [7, 11) is 0. The number of aliphatic carboxylic acids is 1. The Hall–Kier alpha value is -0.830. The number of carbonyl (C=O) groups is 1. The van der Waals surface area contributed by atoms with Crippen molar-refractivity contribution in [2.75, 3.05) is 6.61 Å². The number of allylic oxidation sites excluding steroid dienone is 2. The molecule has 0 heterocycles. The molecule has 0 amide bonds. The fourth-order valence-corrected chi connectivity index (χ4v) is 5.36. The van der Waals surface area contributed by atoms with Crippen molar-refractivity contribution in [3.63, 3.8) is 0 Å². The minimum atomic E-state index is -0.688. The van der Waals surface area contributed by atoms with E-state index in [0.29, 0.717) is 12.0 Å². The van der Waals surface area contributed by atoms with Crippen LogP contribution in [0, 0.1) is 23.7 Å². The highest BCUT2D eigenvalue weighted by Gasteiger charge is 2.47. The number of rotatable bonds is 10. The Morgan fingerprint density at radius 2 is 1.88 bits per heavy atom. The predicted octanol–water partition coefficient (Wildman–Crippen LogP) is 5.20. The summed E-state index contributed by atoms with van der Waals surface area (Å²) >= 11 is 0. The molecular weight excluding hydrogens is 300 g/mol. The minimum absolute atomic E-state index is 0.283. The van der Waals surface area contributed by atoms with Crippen molar-refractivity contribution in [2.24, 2.45) is 23.7 Å². The summed E-state index contributed by atoms with van der Waals surface area (Å²) in [5.41, 5.74) is 0. The lowest BCUT2D eigenvalue weighted by molar-refractivity contribution is -0.137. The maximum Gasteiger partial charge on any atom is 0.303 e. The largest absolute Gasteiger partial charge is 0.481 e. The van der Waals surface area contributed by atoms with Crippen LogP contribution in [0.2, 0.25) is 0 Å². The van der Waals surface area contributed by atoms with E-state index in [1.54, 1.807) is 0 Å². The molecule has 3 rings (SSSR count). The number of hydrogen-bond acceptors (Lipinski definition) is 2. The van der Waals surface area contributed by atoms with E-state index < -0.39 is 5.97 Å². The van der Waals surface area contributed by atoms with E-state index in [2.05, 4.69) is 12.2 Å². The molecule has 0 aromatic carbocycles. The lowest BCUT2D eigenvalue weighted by atomic mass is 9.84. The summed E-state index contributed by atoms with van der Waals surface area (Å²) in [4.78, 5) is 10.5. The van der Waals surface area contributed by atoms with E-state index in [9.17, 15) is 4.79 Å². The summed E-state index contributed by atoms with van der Waals surface area (Å²) in [5.74, 6) is 2.63. The van der Waals surface area contributed by atoms with Gasteiger partial charge < -0.3 is 9.84 Å². The lowest BCUT2D eigenvalue weighted by Crippen LogP contribution is -2.30. The number of carboxylic acid groups (broad SMARTS) is 1. The van der Waals surface area contributed by atoms with Crippen molar-refractivity contribution in [1.82, 2.24) is 0 Å². The SMILES string of the molecule is O=C(O)CCC/C=C\C[C@H]1[C@H]2CC[C@H](C2)[C@H]1OCCC1CCCC1. The van der Waals surface area contributed by atoms with Crippen LogP contribution < -0.4 is 0 Å². The van der Waals surface area contributed by atoms with Crippen molar-refractivity contribution >= 4 is 5.97 Å². The van der Waals surface area contributed by atoms with Gasteiger partial charge in [-0.15, -0.1) is 0 Å². The molecular formula is C21H34O3. The van der Waals surface area contributed by atoms with Crippen molar-refractivity contribution in [3.05, 3.63) is 12.2 Å². The second-order valence-electron chi connectivity index (χ2n) is 8.26. The molecule has 0 saturated heterocycles. The number of ether oxygens (including phenoxy) is 1. The number of unbranched alkanes of at least 4 members (excludes halogenated alkanes) is 1. The molecule has 3 heteroatoms. The number of hydrogen-bond donors (Lipinski definition) is 1. The molecule has 3 fully saturated rings. The van der Waals surface area contributed by atoms with Gasteiger partial charge in [-0.3, -0.25) is 4.79 Å². The molecule has 0 aliphatic heterocycles. The van der Waals surface area contributed by atoms with Crippen molar-refractivity contribution in [2.45, 2.75) is 83.2 Å². The van der Waals surface area contributed by atoms with Crippen LogP contribution in [-0.2, 0) is 9.53 Å². The zero-order valence-electron chi connectivity index (χ0n) is 15.0. The van der Waals surface area contributed by atoms with E-state index in [-0.39, 0.29) is 6.42 Å². The van der Waals surface area contributed by atoms with Crippen LogP contribution in [0.25, 0.3) is 0 Å². The molecule has 24 heavy (non-hydrogen) atoms. The summed E-state index contributed by atoms with van der Waals surface area (Å²) in [6, 6.07) is 0. The Labute approximate surface area is 146 Å². The van der Waals surface area contributed by atoms with Gasteiger partial charge in [0.2, 0.25) is 0 Å². The van der Waals surface area contributed by atoms with Crippen molar-refractivity contribution in [3.8, 4) is 0 Å². The summed E-state index contributed by atoms with van der Waals surface area (Å²) in [5, 5.41) is 8.67. The minimum Gasteiger partial charge on any atom is -0.481 e. The fraction of sp³-hybridized carbons (Fsp3) is 0.857.